The number of hydrogen-bond donors (Lipinski definition) is 1. The van der Waals surface area contributed by atoms with Crippen LogP contribution >= 0.6 is 11.8 Å². The maximum absolute atomic E-state index is 5.75. The molecule has 2 heterocycles. The summed E-state index contributed by atoms with van der Waals surface area (Å²) in [5, 5.41) is 2.79. The number of aromatic nitrogens is 3. The first-order chi connectivity index (χ1) is 8.83. The first-order valence-corrected chi connectivity index (χ1v) is 6.24. The summed E-state index contributed by atoms with van der Waals surface area (Å²) < 4.78 is 0. The molecule has 0 amide bonds. The highest BCUT2D eigenvalue weighted by Crippen LogP contribution is 2.30. The average molecular weight is 254 g/mol. The predicted octanol–water partition coefficient (Wildman–Crippen LogP) is 2.76. The molecule has 0 fully saturated rings. The van der Waals surface area contributed by atoms with Crippen molar-refractivity contribution >= 4 is 28.4 Å². The van der Waals surface area contributed by atoms with Crippen molar-refractivity contribution in [3.8, 4) is 0 Å². The molecule has 5 heteroatoms. The second-order valence-electron chi connectivity index (χ2n) is 3.73. The van der Waals surface area contributed by atoms with Crippen molar-refractivity contribution < 1.29 is 0 Å². The number of rotatable bonds is 2. The fourth-order valence-electron chi connectivity index (χ4n) is 1.64. The van der Waals surface area contributed by atoms with E-state index in [9.17, 15) is 0 Å². The first kappa shape index (κ1) is 11.0. The van der Waals surface area contributed by atoms with Gasteiger partial charge in [0.05, 0.1) is 5.52 Å². The molecule has 3 aromatic rings. The van der Waals surface area contributed by atoms with Crippen LogP contribution < -0.4 is 5.73 Å². The molecule has 0 bridgehead atoms. The van der Waals surface area contributed by atoms with Crippen LogP contribution in [0.15, 0.2) is 59.0 Å². The molecule has 88 valence electrons. The van der Waals surface area contributed by atoms with Gasteiger partial charge < -0.3 is 5.73 Å². The Balaban J connectivity index is 2.07. The van der Waals surface area contributed by atoms with E-state index in [1.54, 1.807) is 12.5 Å². The standard InChI is InChI=1S/C13H10N4S/c14-9-4-5-10-11(7-9)16-8-17-13(10)18-12-3-1-2-6-15-12/h1-8H,14H2. The maximum atomic E-state index is 5.75. The van der Waals surface area contributed by atoms with Gasteiger partial charge in [-0.3, -0.25) is 0 Å². The van der Waals surface area contributed by atoms with E-state index in [2.05, 4.69) is 15.0 Å². The Kier molecular flexibility index (Phi) is 2.82. The van der Waals surface area contributed by atoms with Crippen LogP contribution in [0.2, 0.25) is 0 Å². The summed E-state index contributed by atoms with van der Waals surface area (Å²) in [4.78, 5) is 12.8. The minimum atomic E-state index is 0.704. The van der Waals surface area contributed by atoms with Gasteiger partial charge in [0.1, 0.15) is 16.4 Å². The number of hydrogen-bond acceptors (Lipinski definition) is 5. The summed E-state index contributed by atoms with van der Waals surface area (Å²) in [6, 6.07) is 11.4. The lowest BCUT2D eigenvalue weighted by molar-refractivity contribution is 1.08. The topological polar surface area (TPSA) is 64.7 Å². The normalized spacial score (nSPS) is 10.7. The van der Waals surface area contributed by atoms with Crippen molar-refractivity contribution in [3.05, 3.63) is 48.9 Å². The van der Waals surface area contributed by atoms with Crippen LogP contribution in [0.25, 0.3) is 10.9 Å². The quantitative estimate of drug-likeness (QED) is 0.562. The first-order valence-electron chi connectivity index (χ1n) is 5.42. The molecule has 0 radical (unpaired) electrons. The molecule has 0 spiro atoms. The van der Waals surface area contributed by atoms with Gasteiger partial charge in [-0.2, -0.15) is 0 Å². The molecule has 0 saturated carbocycles. The number of benzene rings is 1. The van der Waals surface area contributed by atoms with Gasteiger partial charge in [0.25, 0.3) is 0 Å². The highest BCUT2D eigenvalue weighted by Gasteiger charge is 2.06. The third-order valence-corrected chi connectivity index (χ3v) is 3.43. The Morgan fingerprint density at radius 3 is 2.78 bits per heavy atom. The molecule has 2 aromatic heterocycles. The summed E-state index contributed by atoms with van der Waals surface area (Å²) in [6.45, 7) is 0. The van der Waals surface area contributed by atoms with Gasteiger partial charge in [0.2, 0.25) is 0 Å². The number of nitrogen functional groups attached to an aromatic ring is 1. The van der Waals surface area contributed by atoms with Crippen molar-refractivity contribution in [1.29, 1.82) is 0 Å². The van der Waals surface area contributed by atoms with Crippen LogP contribution in [0.4, 0.5) is 5.69 Å². The second-order valence-corrected chi connectivity index (χ2v) is 4.73. The van der Waals surface area contributed by atoms with E-state index >= 15 is 0 Å². The molecule has 3 rings (SSSR count). The molecule has 0 unspecified atom stereocenters. The molecule has 0 saturated heterocycles. The van der Waals surface area contributed by atoms with E-state index in [0.717, 1.165) is 21.0 Å². The molecular weight excluding hydrogens is 244 g/mol. The van der Waals surface area contributed by atoms with Crippen LogP contribution in [-0.2, 0) is 0 Å². The zero-order valence-corrected chi connectivity index (χ0v) is 10.3. The van der Waals surface area contributed by atoms with Gasteiger partial charge in [-0.05, 0) is 42.1 Å². The van der Waals surface area contributed by atoms with Crippen LogP contribution in [0.1, 0.15) is 0 Å². The zero-order valence-electron chi connectivity index (χ0n) is 9.45. The lowest BCUT2D eigenvalue weighted by Crippen LogP contribution is -1.90. The minimum absolute atomic E-state index is 0.704. The van der Waals surface area contributed by atoms with Crippen LogP contribution in [0, 0.1) is 0 Å². The van der Waals surface area contributed by atoms with Gasteiger partial charge in [0, 0.05) is 17.3 Å². The fraction of sp³-hybridized carbons (Fsp3) is 0. The molecule has 0 atom stereocenters. The summed E-state index contributed by atoms with van der Waals surface area (Å²) in [5.41, 5.74) is 7.30. The Labute approximate surface area is 108 Å². The van der Waals surface area contributed by atoms with Crippen molar-refractivity contribution in [1.82, 2.24) is 15.0 Å². The van der Waals surface area contributed by atoms with Gasteiger partial charge in [-0.15, -0.1) is 0 Å². The molecule has 2 N–H and O–H groups in total. The smallest absolute Gasteiger partial charge is 0.117 e. The van der Waals surface area contributed by atoms with Crippen LogP contribution in [0.3, 0.4) is 0 Å². The highest BCUT2D eigenvalue weighted by molar-refractivity contribution is 7.99. The minimum Gasteiger partial charge on any atom is -0.399 e. The third-order valence-electron chi connectivity index (χ3n) is 2.46. The molecular formula is C13H10N4S. The summed E-state index contributed by atoms with van der Waals surface area (Å²) in [5.74, 6) is 0. The molecule has 1 aromatic carbocycles. The van der Waals surface area contributed by atoms with E-state index in [-0.39, 0.29) is 0 Å². The Hall–Kier alpha value is -2.14. The third kappa shape index (κ3) is 2.12. The number of nitrogens with zero attached hydrogens (tertiary/aromatic N) is 3. The Morgan fingerprint density at radius 2 is 1.94 bits per heavy atom. The van der Waals surface area contributed by atoms with Crippen LogP contribution in [0.5, 0.6) is 0 Å². The number of nitrogens with two attached hydrogens (primary N) is 1. The highest BCUT2D eigenvalue weighted by atomic mass is 32.2. The van der Waals surface area contributed by atoms with E-state index in [1.807, 2.05) is 36.4 Å². The van der Waals surface area contributed by atoms with Crippen molar-refractivity contribution in [3.63, 3.8) is 0 Å². The van der Waals surface area contributed by atoms with Crippen molar-refractivity contribution in [2.75, 3.05) is 5.73 Å². The number of pyridine rings is 1. The molecule has 0 aliphatic carbocycles. The monoisotopic (exact) mass is 254 g/mol. The van der Waals surface area contributed by atoms with Gasteiger partial charge in [-0.25, -0.2) is 15.0 Å². The lowest BCUT2D eigenvalue weighted by atomic mass is 10.2. The van der Waals surface area contributed by atoms with Crippen molar-refractivity contribution in [2.24, 2.45) is 0 Å². The van der Waals surface area contributed by atoms with E-state index in [1.165, 1.54) is 11.8 Å². The lowest BCUT2D eigenvalue weighted by Gasteiger charge is -2.04. The number of anilines is 1. The number of fused-ring (bicyclic) bond motifs is 1. The molecule has 18 heavy (non-hydrogen) atoms. The van der Waals surface area contributed by atoms with E-state index < -0.39 is 0 Å². The van der Waals surface area contributed by atoms with Gasteiger partial charge in [-0.1, -0.05) is 6.07 Å². The Bertz CT molecular complexity index is 685. The average Bonchev–Trinajstić information content (AvgIpc) is 2.40. The zero-order chi connectivity index (χ0) is 12.4. The van der Waals surface area contributed by atoms with Gasteiger partial charge >= 0.3 is 0 Å². The SMILES string of the molecule is Nc1ccc2c(Sc3ccccn3)ncnc2c1. The van der Waals surface area contributed by atoms with Gasteiger partial charge in [0.15, 0.2) is 0 Å². The van der Waals surface area contributed by atoms with E-state index in [4.69, 9.17) is 5.73 Å². The molecule has 0 aliphatic heterocycles. The van der Waals surface area contributed by atoms with Crippen molar-refractivity contribution in [2.45, 2.75) is 10.1 Å². The molecule has 4 nitrogen and oxygen atoms in total. The van der Waals surface area contributed by atoms with Crippen LogP contribution in [-0.4, -0.2) is 15.0 Å². The largest absolute Gasteiger partial charge is 0.399 e. The fourth-order valence-corrected chi connectivity index (χ4v) is 2.48. The summed E-state index contributed by atoms with van der Waals surface area (Å²) in [7, 11) is 0. The maximum Gasteiger partial charge on any atom is 0.117 e. The predicted molar refractivity (Wildman–Crippen MR) is 72.3 cm³/mol. The summed E-state index contributed by atoms with van der Waals surface area (Å²) in [6.07, 6.45) is 3.32. The van der Waals surface area contributed by atoms with E-state index in [0.29, 0.717) is 5.69 Å². The second kappa shape index (κ2) is 4.62. The molecule has 0 aliphatic rings. The Morgan fingerprint density at radius 1 is 1.00 bits per heavy atom. The summed E-state index contributed by atoms with van der Waals surface area (Å²) >= 11 is 1.52.